The number of fused-ring (bicyclic) bond motifs is 1. The predicted octanol–water partition coefficient (Wildman–Crippen LogP) is 4.36. The van der Waals surface area contributed by atoms with Crippen LogP contribution in [0.3, 0.4) is 0 Å². The number of hydrogen-bond acceptors (Lipinski definition) is 2. The topological polar surface area (TPSA) is 43.8 Å². The molecule has 2 fully saturated rings. The number of nitrogen functional groups attached to an aromatic ring is 1. The Morgan fingerprint density at radius 2 is 1.75 bits per heavy atom. The SMILES string of the molecule is Nc1nc2cc(Cl)c(Cl)cc2n1CC(C1CC1)C1CC1. The van der Waals surface area contributed by atoms with Gasteiger partial charge in [0.05, 0.1) is 21.1 Å². The largest absolute Gasteiger partial charge is 0.369 e. The van der Waals surface area contributed by atoms with Crippen LogP contribution in [0.4, 0.5) is 5.95 Å². The van der Waals surface area contributed by atoms with Crippen molar-refractivity contribution in [3.05, 3.63) is 22.2 Å². The normalized spacial score (nSPS) is 19.1. The maximum atomic E-state index is 6.14. The van der Waals surface area contributed by atoms with Gasteiger partial charge in [0.1, 0.15) is 0 Å². The minimum absolute atomic E-state index is 0.532. The van der Waals surface area contributed by atoms with Crippen LogP contribution in [-0.4, -0.2) is 9.55 Å². The van der Waals surface area contributed by atoms with Crippen LogP contribution in [0.1, 0.15) is 25.7 Å². The summed E-state index contributed by atoms with van der Waals surface area (Å²) in [6.45, 7) is 0.968. The van der Waals surface area contributed by atoms with Crippen molar-refractivity contribution in [3.63, 3.8) is 0 Å². The lowest BCUT2D eigenvalue weighted by Crippen LogP contribution is -2.16. The molecule has 0 saturated heterocycles. The zero-order chi connectivity index (χ0) is 13.9. The van der Waals surface area contributed by atoms with Crippen LogP contribution in [0.25, 0.3) is 11.0 Å². The van der Waals surface area contributed by atoms with E-state index in [1.54, 1.807) is 6.07 Å². The van der Waals surface area contributed by atoms with Crippen molar-refractivity contribution in [3.8, 4) is 0 Å². The average molecular weight is 310 g/mol. The lowest BCUT2D eigenvalue weighted by Gasteiger charge is -2.17. The molecule has 2 saturated carbocycles. The van der Waals surface area contributed by atoms with Crippen molar-refractivity contribution in [2.75, 3.05) is 5.73 Å². The van der Waals surface area contributed by atoms with Gasteiger partial charge in [-0.25, -0.2) is 4.98 Å². The summed E-state index contributed by atoms with van der Waals surface area (Å²) in [7, 11) is 0. The smallest absolute Gasteiger partial charge is 0.201 e. The van der Waals surface area contributed by atoms with Gasteiger partial charge in [-0.15, -0.1) is 0 Å². The van der Waals surface area contributed by atoms with Crippen LogP contribution in [0.2, 0.25) is 10.0 Å². The van der Waals surface area contributed by atoms with Crippen LogP contribution < -0.4 is 5.73 Å². The molecule has 2 aliphatic carbocycles. The van der Waals surface area contributed by atoms with E-state index in [0.717, 1.165) is 35.3 Å². The highest BCUT2D eigenvalue weighted by Crippen LogP contribution is 2.50. The molecule has 0 atom stereocenters. The number of aromatic nitrogens is 2. The van der Waals surface area contributed by atoms with Crippen molar-refractivity contribution in [1.82, 2.24) is 9.55 Å². The Morgan fingerprint density at radius 3 is 2.35 bits per heavy atom. The summed E-state index contributed by atoms with van der Waals surface area (Å²) in [4.78, 5) is 4.43. The first-order valence-electron chi connectivity index (χ1n) is 7.24. The summed E-state index contributed by atoms with van der Waals surface area (Å²) in [5.41, 5.74) is 7.95. The molecule has 1 aromatic heterocycles. The summed E-state index contributed by atoms with van der Waals surface area (Å²) in [6.07, 6.45) is 5.50. The van der Waals surface area contributed by atoms with Crippen molar-refractivity contribution < 1.29 is 0 Å². The van der Waals surface area contributed by atoms with E-state index in [1.165, 1.54) is 25.7 Å². The van der Waals surface area contributed by atoms with Crippen molar-refractivity contribution >= 4 is 40.2 Å². The zero-order valence-corrected chi connectivity index (χ0v) is 12.7. The molecule has 0 radical (unpaired) electrons. The molecule has 4 rings (SSSR count). The predicted molar refractivity (Wildman–Crippen MR) is 83.1 cm³/mol. The number of nitrogens with two attached hydrogens (primary N) is 1. The number of imidazole rings is 1. The Bertz CT molecular complexity index is 659. The maximum absolute atomic E-state index is 6.14. The van der Waals surface area contributed by atoms with Crippen molar-refractivity contribution in [2.24, 2.45) is 17.8 Å². The van der Waals surface area contributed by atoms with Crippen LogP contribution in [0.5, 0.6) is 0 Å². The fourth-order valence-corrected chi connectivity index (χ4v) is 3.59. The standard InChI is InChI=1S/C15H17Cl2N3/c16-11-5-13-14(6-12(11)17)20(15(18)19-13)7-10(8-1-2-8)9-3-4-9/h5-6,8-10H,1-4,7H2,(H2,18,19). The van der Waals surface area contributed by atoms with E-state index in [1.807, 2.05) is 6.07 Å². The van der Waals surface area contributed by atoms with Gasteiger partial charge in [-0.2, -0.15) is 0 Å². The summed E-state index contributed by atoms with van der Waals surface area (Å²) in [5.74, 6) is 3.11. The Kier molecular flexibility index (Phi) is 2.90. The van der Waals surface area contributed by atoms with Gasteiger partial charge in [0.2, 0.25) is 5.95 Å². The number of anilines is 1. The van der Waals surface area contributed by atoms with Gasteiger partial charge in [0.15, 0.2) is 0 Å². The van der Waals surface area contributed by atoms with Gasteiger partial charge in [0.25, 0.3) is 0 Å². The molecule has 0 spiro atoms. The highest BCUT2D eigenvalue weighted by Gasteiger charge is 2.41. The molecule has 1 aromatic carbocycles. The average Bonchev–Trinajstić information content (AvgIpc) is 3.28. The van der Waals surface area contributed by atoms with E-state index in [9.17, 15) is 0 Å². The second-order valence-electron chi connectivity index (χ2n) is 6.17. The van der Waals surface area contributed by atoms with Gasteiger partial charge in [-0.3, -0.25) is 0 Å². The molecule has 0 amide bonds. The van der Waals surface area contributed by atoms with Gasteiger partial charge in [0, 0.05) is 6.54 Å². The van der Waals surface area contributed by atoms with E-state index in [-0.39, 0.29) is 0 Å². The molecule has 0 aliphatic heterocycles. The summed E-state index contributed by atoms with van der Waals surface area (Å²) >= 11 is 12.2. The third-order valence-corrected chi connectivity index (χ3v) is 5.39. The quantitative estimate of drug-likeness (QED) is 0.911. The Morgan fingerprint density at radius 1 is 1.15 bits per heavy atom. The van der Waals surface area contributed by atoms with Crippen molar-refractivity contribution in [1.29, 1.82) is 0 Å². The monoisotopic (exact) mass is 309 g/mol. The molecule has 106 valence electrons. The summed E-state index contributed by atoms with van der Waals surface area (Å²) in [6, 6.07) is 3.69. The van der Waals surface area contributed by atoms with Crippen LogP contribution in [0.15, 0.2) is 12.1 Å². The van der Waals surface area contributed by atoms with E-state index >= 15 is 0 Å². The Balaban J connectivity index is 1.74. The van der Waals surface area contributed by atoms with Gasteiger partial charge >= 0.3 is 0 Å². The molecule has 1 heterocycles. The van der Waals surface area contributed by atoms with Crippen LogP contribution >= 0.6 is 23.2 Å². The summed E-state index contributed by atoms with van der Waals surface area (Å²) in [5, 5.41) is 1.10. The highest BCUT2D eigenvalue weighted by molar-refractivity contribution is 6.42. The van der Waals surface area contributed by atoms with Crippen LogP contribution in [-0.2, 0) is 6.54 Å². The second-order valence-corrected chi connectivity index (χ2v) is 6.99. The molecule has 5 heteroatoms. The number of hydrogen-bond donors (Lipinski definition) is 1. The number of rotatable bonds is 4. The van der Waals surface area contributed by atoms with E-state index in [2.05, 4.69) is 9.55 Å². The third-order valence-electron chi connectivity index (χ3n) is 4.67. The molecular weight excluding hydrogens is 293 g/mol. The molecule has 2 aliphatic rings. The Hall–Kier alpha value is -0.930. The maximum Gasteiger partial charge on any atom is 0.201 e. The molecule has 3 nitrogen and oxygen atoms in total. The van der Waals surface area contributed by atoms with Gasteiger partial charge in [-0.05, 0) is 55.6 Å². The summed E-state index contributed by atoms with van der Waals surface area (Å²) < 4.78 is 2.12. The first kappa shape index (κ1) is 12.8. The van der Waals surface area contributed by atoms with Crippen molar-refractivity contribution in [2.45, 2.75) is 32.2 Å². The lowest BCUT2D eigenvalue weighted by molar-refractivity contribution is 0.355. The second kappa shape index (κ2) is 4.54. The number of halogens is 2. The fourth-order valence-electron chi connectivity index (χ4n) is 3.27. The molecular formula is C15H17Cl2N3. The first-order valence-corrected chi connectivity index (χ1v) is 8.00. The molecule has 20 heavy (non-hydrogen) atoms. The number of benzene rings is 1. The van der Waals surface area contributed by atoms with E-state index < -0.39 is 0 Å². The first-order chi connectivity index (χ1) is 9.63. The number of nitrogens with zero attached hydrogens (tertiary/aromatic N) is 2. The molecule has 0 unspecified atom stereocenters. The minimum atomic E-state index is 0.532. The van der Waals surface area contributed by atoms with E-state index in [0.29, 0.717) is 16.0 Å². The fraction of sp³-hybridized carbons (Fsp3) is 0.533. The lowest BCUT2D eigenvalue weighted by atomic mass is 9.98. The Labute approximate surface area is 128 Å². The zero-order valence-electron chi connectivity index (χ0n) is 11.1. The van der Waals surface area contributed by atoms with E-state index in [4.69, 9.17) is 28.9 Å². The van der Waals surface area contributed by atoms with Gasteiger partial charge in [-0.1, -0.05) is 23.2 Å². The van der Waals surface area contributed by atoms with Crippen LogP contribution in [0, 0.1) is 17.8 Å². The highest BCUT2D eigenvalue weighted by atomic mass is 35.5. The minimum Gasteiger partial charge on any atom is -0.369 e. The molecule has 2 aromatic rings. The van der Waals surface area contributed by atoms with Gasteiger partial charge < -0.3 is 10.3 Å². The molecule has 0 bridgehead atoms. The third kappa shape index (κ3) is 2.17. The molecule has 2 N–H and O–H groups in total.